The molecule has 4 aromatic carbocycles. The first-order chi connectivity index (χ1) is 17.1. The van der Waals surface area contributed by atoms with Crippen molar-refractivity contribution in [1.29, 1.82) is 0 Å². The third kappa shape index (κ3) is 4.62. The number of benzene rings is 4. The molecule has 0 heterocycles. The number of hydrogen-bond acceptors (Lipinski definition) is 5. The van der Waals surface area contributed by atoms with Crippen LogP contribution in [0.3, 0.4) is 0 Å². The molecule has 1 saturated carbocycles. The van der Waals surface area contributed by atoms with E-state index in [1.54, 1.807) is 42.5 Å². The molecular formula is C27H25IO6S2. The number of aryl methyl sites for hydroxylation is 1. The molecule has 1 fully saturated rings. The number of rotatable bonds is 5. The summed E-state index contributed by atoms with van der Waals surface area (Å²) in [6, 6.07) is 16.5. The van der Waals surface area contributed by atoms with E-state index in [1.165, 1.54) is 12.1 Å². The SMILES string of the molecule is Cc1cc(I)cc(S(=O)(=O)Oc2c3ccccc3c(S(=O)(=O)O)c3ccccc23)c1C1CCCCC1. The van der Waals surface area contributed by atoms with Crippen LogP contribution in [-0.2, 0) is 20.2 Å². The number of fused-ring (bicyclic) bond motifs is 2. The van der Waals surface area contributed by atoms with Crippen LogP contribution in [0, 0.1) is 10.5 Å². The Morgan fingerprint density at radius 3 is 1.89 bits per heavy atom. The molecule has 0 aromatic heterocycles. The van der Waals surface area contributed by atoms with E-state index >= 15 is 0 Å². The first kappa shape index (κ1) is 25.4. The summed E-state index contributed by atoms with van der Waals surface area (Å²) >= 11 is 2.12. The van der Waals surface area contributed by atoms with Gasteiger partial charge in [0.1, 0.15) is 9.79 Å². The van der Waals surface area contributed by atoms with Gasteiger partial charge in [0.15, 0.2) is 5.75 Å². The average molecular weight is 637 g/mol. The van der Waals surface area contributed by atoms with Crippen LogP contribution in [0.4, 0.5) is 0 Å². The average Bonchev–Trinajstić information content (AvgIpc) is 2.83. The molecule has 0 radical (unpaired) electrons. The summed E-state index contributed by atoms with van der Waals surface area (Å²) in [6.45, 7) is 1.94. The summed E-state index contributed by atoms with van der Waals surface area (Å²) in [5, 5.41) is 0.952. The van der Waals surface area contributed by atoms with Crippen molar-refractivity contribution >= 4 is 64.4 Å². The summed E-state index contributed by atoms with van der Waals surface area (Å²) < 4.78 is 69.4. The summed E-state index contributed by atoms with van der Waals surface area (Å²) in [7, 11) is -8.89. The molecule has 0 atom stereocenters. The van der Waals surface area contributed by atoms with Crippen molar-refractivity contribution in [2.45, 2.75) is 54.7 Å². The molecule has 0 unspecified atom stereocenters. The largest absolute Gasteiger partial charge is 0.378 e. The van der Waals surface area contributed by atoms with Crippen LogP contribution < -0.4 is 4.18 Å². The van der Waals surface area contributed by atoms with E-state index in [0.717, 1.165) is 46.8 Å². The lowest BCUT2D eigenvalue weighted by atomic mass is 9.82. The van der Waals surface area contributed by atoms with Gasteiger partial charge in [-0.1, -0.05) is 67.8 Å². The second kappa shape index (κ2) is 9.59. The van der Waals surface area contributed by atoms with E-state index in [-0.39, 0.29) is 43.0 Å². The van der Waals surface area contributed by atoms with Crippen LogP contribution in [0.1, 0.15) is 49.1 Å². The maximum Gasteiger partial charge on any atom is 0.339 e. The molecule has 6 nitrogen and oxygen atoms in total. The van der Waals surface area contributed by atoms with E-state index in [0.29, 0.717) is 0 Å². The van der Waals surface area contributed by atoms with Gasteiger partial charge < -0.3 is 4.18 Å². The lowest BCUT2D eigenvalue weighted by Gasteiger charge is -2.26. The predicted octanol–water partition coefficient (Wildman–Crippen LogP) is 6.97. The first-order valence-corrected chi connectivity index (χ1v) is 15.7. The highest BCUT2D eigenvalue weighted by molar-refractivity contribution is 14.1. The van der Waals surface area contributed by atoms with Crippen LogP contribution in [0.15, 0.2) is 70.5 Å². The van der Waals surface area contributed by atoms with Crippen LogP contribution >= 0.6 is 22.6 Å². The quantitative estimate of drug-likeness (QED) is 0.110. The minimum atomic E-state index is -4.61. The molecular weight excluding hydrogens is 611 g/mol. The van der Waals surface area contributed by atoms with Gasteiger partial charge in [-0.3, -0.25) is 4.55 Å². The van der Waals surface area contributed by atoms with E-state index in [1.807, 2.05) is 13.0 Å². The summed E-state index contributed by atoms with van der Waals surface area (Å²) in [6.07, 6.45) is 5.12. The van der Waals surface area contributed by atoms with Gasteiger partial charge in [0, 0.05) is 25.1 Å². The van der Waals surface area contributed by atoms with Gasteiger partial charge in [0.2, 0.25) is 0 Å². The minimum absolute atomic E-state index is 0.0414. The molecule has 9 heteroatoms. The van der Waals surface area contributed by atoms with Gasteiger partial charge >= 0.3 is 10.1 Å². The van der Waals surface area contributed by atoms with Crippen molar-refractivity contribution < 1.29 is 25.6 Å². The van der Waals surface area contributed by atoms with E-state index < -0.39 is 20.2 Å². The molecule has 1 N–H and O–H groups in total. The van der Waals surface area contributed by atoms with Crippen molar-refractivity contribution in [3.8, 4) is 5.75 Å². The summed E-state index contributed by atoms with van der Waals surface area (Å²) in [5.41, 5.74) is 1.73. The Hall–Kier alpha value is -2.21. The Morgan fingerprint density at radius 2 is 1.36 bits per heavy atom. The van der Waals surface area contributed by atoms with Gasteiger partial charge in [0.25, 0.3) is 10.1 Å². The maximum atomic E-state index is 13.9. The molecule has 0 spiro atoms. The third-order valence-electron chi connectivity index (χ3n) is 6.88. The van der Waals surface area contributed by atoms with Crippen LogP contribution in [0.25, 0.3) is 21.5 Å². The van der Waals surface area contributed by atoms with Crippen molar-refractivity contribution in [2.75, 3.05) is 0 Å². The fourth-order valence-corrected chi connectivity index (χ4v) is 8.67. The highest BCUT2D eigenvalue weighted by Crippen LogP contribution is 2.43. The standard InChI is InChI=1S/C27H25IO6S2/c1-17-15-19(28)16-24(25(17)18-9-3-2-4-10-18)36(32,33)34-26-20-11-5-7-13-22(20)27(35(29,30)31)23-14-8-6-12-21(23)26/h5-8,11-16,18H,2-4,9-10H2,1H3,(H,29,30,31). The van der Waals surface area contributed by atoms with Gasteiger partial charge in [0.05, 0.1) is 0 Å². The van der Waals surface area contributed by atoms with Crippen molar-refractivity contribution in [3.05, 3.63) is 75.4 Å². The Kier molecular flexibility index (Phi) is 6.78. The zero-order chi connectivity index (χ0) is 25.7. The first-order valence-electron chi connectivity index (χ1n) is 11.7. The topological polar surface area (TPSA) is 97.7 Å². The molecule has 0 aliphatic heterocycles. The van der Waals surface area contributed by atoms with Crippen molar-refractivity contribution in [2.24, 2.45) is 0 Å². The summed E-state index contributed by atoms with van der Waals surface area (Å²) in [4.78, 5) is -0.114. The molecule has 36 heavy (non-hydrogen) atoms. The predicted molar refractivity (Wildman–Crippen MR) is 149 cm³/mol. The molecule has 0 bridgehead atoms. The zero-order valence-electron chi connectivity index (χ0n) is 19.6. The Labute approximate surface area is 224 Å². The Bertz CT molecular complexity index is 1650. The minimum Gasteiger partial charge on any atom is -0.378 e. The van der Waals surface area contributed by atoms with Crippen LogP contribution in [-0.4, -0.2) is 21.4 Å². The molecule has 5 rings (SSSR count). The van der Waals surface area contributed by atoms with Gasteiger partial charge in [-0.2, -0.15) is 16.8 Å². The van der Waals surface area contributed by atoms with E-state index in [2.05, 4.69) is 22.6 Å². The van der Waals surface area contributed by atoms with E-state index in [4.69, 9.17) is 4.18 Å². The normalized spacial score (nSPS) is 15.4. The Morgan fingerprint density at radius 1 is 0.833 bits per heavy atom. The summed E-state index contributed by atoms with van der Waals surface area (Å²) in [5.74, 6) is 0.180. The number of halogens is 1. The molecule has 1 aliphatic carbocycles. The van der Waals surface area contributed by atoms with E-state index in [9.17, 15) is 21.4 Å². The number of hydrogen-bond donors (Lipinski definition) is 1. The molecule has 188 valence electrons. The molecule has 1 aliphatic rings. The third-order valence-corrected chi connectivity index (χ3v) is 9.72. The van der Waals surface area contributed by atoms with Crippen molar-refractivity contribution in [3.63, 3.8) is 0 Å². The van der Waals surface area contributed by atoms with Gasteiger partial charge in [-0.05, 0) is 71.5 Å². The lowest BCUT2D eigenvalue weighted by Crippen LogP contribution is -2.17. The molecule has 0 amide bonds. The highest BCUT2D eigenvalue weighted by Gasteiger charge is 2.31. The van der Waals surface area contributed by atoms with Crippen LogP contribution in [0.5, 0.6) is 5.75 Å². The van der Waals surface area contributed by atoms with Crippen molar-refractivity contribution in [1.82, 2.24) is 0 Å². The van der Waals surface area contributed by atoms with Crippen LogP contribution in [0.2, 0.25) is 0 Å². The molecule has 4 aromatic rings. The zero-order valence-corrected chi connectivity index (χ0v) is 23.4. The second-order valence-electron chi connectivity index (χ2n) is 9.23. The van der Waals surface area contributed by atoms with Gasteiger partial charge in [-0.15, -0.1) is 0 Å². The monoisotopic (exact) mass is 636 g/mol. The maximum absolute atomic E-state index is 13.9. The Balaban J connectivity index is 1.77. The molecule has 0 saturated heterocycles. The smallest absolute Gasteiger partial charge is 0.339 e. The fraction of sp³-hybridized carbons (Fsp3) is 0.259. The van der Waals surface area contributed by atoms with Gasteiger partial charge in [-0.25, -0.2) is 0 Å². The highest BCUT2D eigenvalue weighted by atomic mass is 127. The fourth-order valence-electron chi connectivity index (χ4n) is 5.42. The lowest BCUT2D eigenvalue weighted by molar-refractivity contribution is 0.433. The second-order valence-corrected chi connectivity index (χ2v) is 13.4.